The minimum Gasteiger partial charge on any atom is -0.493 e. The van der Waals surface area contributed by atoms with E-state index in [2.05, 4.69) is 20.6 Å². The van der Waals surface area contributed by atoms with Gasteiger partial charge in [0.25, 0.3) is 5.91 Å². The zero-order valence-electron chi connectivity index (χ0n) is 16.2. The number of nitrogens with one attached hydrogen (secondary N) is 2. The van der Waals surface area contributed by atoms with Crippen LogP contribution in [-0.2, 0) is 4.79 Å². The highest BCUT2D eigenvalue weighted by Crippen LogP contribution is 2.28. The third kappa shape index (κ3) is 5.94. The van der Waals surface area contributed by atoms with Crippen molar-refractivity contribution in [3.63, 3.8) is 0 Å². The number of nitrogens with zero attached hydrogens (tertiary/aromatic N) is 1. The Kier molecular flexibility index (Phi) is 7.31. The maximum Gasteiger partial charge on any atom is 0.387 e. The lowest BCUT2D eigenvalue weighted by molar-refractivity contribution is -0.119. The van der Waals surface area contributed by atoms with E-state index in [1.165, 1.54) is 31.5 Å². The number of amides is 1. The van der Waals surface area contributed by atoms with E-state index in [1.54, 1.807) is 0 Å². The Labute approximate surface area is 162 Å². The van der Waals surface area contributed by atoms with E-state index in [-0.39, 0.29) is 24.0 Å². The van der Waals surface area contributed by atoms with Crippen LogP contribution in [0.2, 0.25) is 0 Å². The van der Waals surface area contributed by atoms with Gasteiger partial charge in [-0.25, -0.2) is 5.43 Å². The van der Waals surface area contributed by atoms with Gasteiger partial charge >= 0.3 is 6.61 Å². The summed E-state index contributed by atoms with van der Waals surface area (Å²) >= 11 is 0. The molecule has 0 heterocycles. The summed E-state index contributed by atoms with van der Waals surface area (Å²) in [7, 11) is 1.34. The molecule has 0 aliphatic heterocycles. The molecule has 0 saturated carbocycles. The molecule has 0 atom stereocenters. The molecule has 2 N–H and O–H groups in total. The summed E-state index contributed by atoms with van der Waals surface area (Å²) in [5.41, 5.74) is 7.17. The first-order valence-corrected chi connectivity index (χ1v) is 8.56. The van der Waals surface area contributed by atoms with Crippen LogP contribution < -0.4 is 20.2 Å². The van der Waals surface area contributed by atoms with E-state index in [0.29, 0.717) is 5.56 Å². The van der Waals surface area contributed by atoms with Crippen molar-refractivity contribution < 1.29 is 23.0 Å². The lowest BCUT2D eigenvalue weighted by Gasteiger charge is -2.13. The average Bonchev–Trinajstić information content (AvgIpc) is 2.61. The first-order chi connectivity index (χ1) is 13.3. The lowest BCUT2D eigenvalue weighted by Crippen LogP contribution is -2.26. The summed E-state index contributed by atoms with van der Waals surface area (Å²) in [6, 6.07) is 8.43. The van der Waals surface area contributed by atoms with E-state index in [4.69, 9.17) is 4.74 Å². The zero-order chi connectivity index (χ0) is 20.7. The van der Waals surface area contributed by atoms with Crippen molar-refractivity contribution in [2.45, 2.75) is 27.4 Å². The molecule has 0 fully saturated rings. The molecule has 8 heteroatoms. The molecule has 0 aromatic heterocycles. The highest BCUT2D eigenvalue weighted by molar-refractivity contribution is 5.85. The molecule has 0 saturated heterocycles. The number of anilines is 1. The van der Waals surface area contributed by atoms with Gasteiger partial charge in [0.1, 0.15) is 0 Å². The molecule has 0 unspecified atom stereocenters. The summed E-state index contributed by atoms with van der Waals surface area (Å²) in [5, 5.41) is 6.98. The van der Waals surface area contributed by atoms with Gasteiger partial charge in [0, 0.05) is 5.69 Å². The van der Waals surface area contributed by atoms with Crippen molar-refractivity contribution in [3.8, 4) is 11.5 Å². The fourth-order valence-corrected chi connectivity index (χ4v) is 2.80. The van der Waals surface area contributed by atoms with Crippen LogP contribution in [0.1, 0.15) is 22.3 Å². The Hall–Kier alpha value is -3.16. The number of hydrogen-bond acceptors (Lipinski definition) is 5. The summed E-state index contributed by atoms with van der Waals surface area (Å²) in [4.78, 5) is 12.0. The molecule has 0 bridgehead atoms. The van der Waals surface area contributed by atoms with Crippen LogP contribution in [0.4, 0.5) is 14.5 Å². The Balaban J connectivity index is 1.93. The SMILES string of the molecule is COc1cc(/C=N\NC(=O)CNc2c(C)cc(C)cc2C)ccc1OC(F)F. The molecule has 28 heavy (non-hydrogen) atoms. The first-order valence-electron chi connectivity index (χ1n) is 8.56. The number of carbonyl (C=O) groups is 1. The van der Waals surface area contributed by atoms with Crippen molar-refractivity contribution in [1.82, 2.24) is 5.43 Å². The monoisotopic (exact) mass is 391 g/mol. The van der Waals surface area contributed by atoms with Gasteiger partial charge in [0.05, 0.1) is 19.9 Å². The highest BCUT2D eigenvalue weighted by atomic mass is 19.3. The number of halogens is 2. The van der Waals surface area contributed by atoms with E-state index >= 15 is 0 Å². The van der Waals surface area contributed by atoms with Gasteiger partial charge in [-0.15, -0.1) is 0 Å². The summed E-state index contributed by atoms with van der Waals surface area (Å²) in [5.74, 6) is -0.255. The predicted molar refractivity (Wildman–Crippen MR) is 105 cm³/mol. The number of hydrazone groups is 1. The Morgan fingerprint density at radius 3 is 2.43 bits per heavy atom. The second kappa shape index (κ2) is 9.68. The number of ether oxygens (including phenoxy) is 2. The van der Waals surface area contributed by atoms with Gasteiger partial charge < -0.3 is 14.8 Å². The van der Waals surface area contributed by atoms with Gasteiger partial charge in [0.15, 0.2) is 11.5 Å². The zero-order valence-corrected chi connectivity index (χ0v) is 16.2. The number of alkyl halides is 2. The van der Waals surface area contributed by atoms with Crippen molar-refractivity contribution in [3.05, 3.63) is 52.6 Å². The molecule has 0 aliphatic rings. The molecular weight excluding hydrogens is 368 g/mol. The number of methoxy groups -OCH3 is 1. The van der Waals surface area contributed by atoms with Gasteiger partial charge in [-0.3, -0.25) is 4.79 Å². The fourth-order valence-electron chi connectivity index (χ4n) is 2.80. The number of rotatable bonds is 8. The summed E-state index contributed by atoms with van der Waals surface area (Å²) in [6.07, 6.45) is 1.38. The third-order valence-corrected chi connectivity index (χ3v) is 3.91. The quantitative estimate of drug-likeness (QED) is 0.531. The minimum absolute atomic E-state index is 0.0621. The molecule has 150 valence electrons. The predicted octanol–water partition coefficient (Wildman–Crippen LogP) is 3.78. The van der Waals surface area contributed by atoms with E-state index in [0.717, 1.165) is 22.4 Å². The van der Waals surface area contributed by atoms with Crippen LogP contribution >= 0.6 is 0 Å². The normalized spacial score (nSPS) is 11.0. The van der Waals surface area contributed by atoms with Gasteiger partial charge in [0.2, 0.25) is 0 Å². The van der Waals surface area contributed by atoms with E-state index in [9.17, 15) is 13.6 Å². The van der Waals surface area contributed by atoms with Crippen LogP contribution in [0.15, 0.2) is 35.4 Å². The van der Waals surface area contributed by atoms with Crippen molar-refractivity contribution in [2.75, 3.05) is 19.0 Å². The van der Waals surface area contributed by atoms with Gasteiger partial charge in [-0.05, 0) is 55.7 Å². The molecule has 1 amide bonds. The molecule has 0 spiro atoms. The standard InChI is InChI=1S/C20H23F2N3O3/c1-12-7-13(2)19(14(3)8-12)23-11-18(26)25-24-10-15-5-6-16(28-20(21)22)17(9-15)27-4/h5-10,20,23H,11H2,1-4H3,(H,25,26)/b24-10-. The Morgan fingerprint density at radius 1 is 1.14 bits per heavy atom. The second-order valence-corrected chi connectivity index (χ2v) is 6.21. The first kappa shape index (κ1) is 21.1. The maximum absolute atomic E-state index is 12.3. The number of aryl methyl sites for hydroxylation is 3. The molecule has 6 nitrogen and oxygen atoms in total. The smallest absolute Gasteiger partial charge is 0.387 e. The van der Waals surface area contributed by atoms with E-state index < -0.39 is 6.61 Å². The fraction of sp³-hybridized carbons (Fsp3) is 0.300. The van der Waals surface area contributed by atoms with Gasteiger partial charge in [-0.1, -0.05) is 17.7 Å². The molecule has 2 rings (SSSR count). The second-order valence-electron chi connectivity index (χ2n) is 6.21. The largest absolute Gasteiger partial charge is 0.493 e. The topological polar surface area (TPSA) is 72.0 Å². The Morgan fingerprint density at radius 2 is 1.82 bits per heavy atom. The maximum atomic E-state index is 12.3. The van der Waals surface area contributed by atoms with Crippen LogP contribution in [-0.4, -0.2) is 32.4 Å². The number of benzene rings is 2. The van der Waals surface area contributed by atoms with Crippen LogP contribution in [0.3, 0.4) is 0 Å². The van der Waals surface area contributed by atoms with Crippen molar-refractivity contribution in [2.24, 2.45) is 5.10 Å². The van der Waals surface area contributed by atoms with E-state index in [1.807, 2.05) is 32.9 Å². The van der Waals surface area contributed by atoms with Gasteiger partial charge in [-0.2, -0.15) is 13.9 Å². The Bertz CT molecular complexity index is 847. The summed E-state index contributed by atoms with van der Waals surface area (Å²) < 4.78 is 34.0. The third-order valence-electron chi connectivity index (χ3n) is 3.91. The van der Waals surface area contributed by atoms with Crippen LogP contribution in [0.5, 0.6) is 11.5 Å². The van der Waals surface area contributed by atoms with Crippen molar-refractivity contribution in [1.29, 1.82) is 0 Å². The molecule has 2 aromatic rings. The molecular formula is C20H23F2N3O3. The summed E-state index contributed by atoms with van der Waals surface area (Å²) in [6.45, 7) is 3.10. The number of carbonyl (C=O) groups excluding carboxylic acids is 1. The molecule has 0 aliphatic carbocycles. The van der Waals surface area contributed by atoms with Crippen LogP contribution in [0, 0.1) is 20.8 Å². The highest BCUT2D eigenvalue weighted by Gasteiger charge is 2.10. The molecule has 0 radical (unpaired) electrons. The lowest BCUT2D eigenvalue weighted by atomic mass is 10.1. The molecule has 2 aromatic carbocycles. The minimum atomic E-state index is -2.94. The van der Waals surface area contributed by atoms with Crippen LogP contribution in [0.25, 0.3) is 0 Å². The average molecular weight is 391 g/mol. The van der Waals surface area contributed by atoms with Crippen molar-refractivity contribution >= 4 is 17.8 Å². The number of hydrogen-bond donors (Lipinski definition) is 2.